The average Bonchev–Trinajstić information content (AvgIpc) is 2.87. The number of methoxy groups -OCH3 is 1. The van der Waals surface area contributed by atoms with Crippen LogP contribution in [0.3, 0.4) is 0 Å². The van der Waals surface area contributed by atoms with Gasteiger partial charge in [0.1, 0.15) is 17.1 Å². The van der Waals surface area contributed by atoms with Crippen molar-refractivity contribution in [2.75, 3.05) is 21.2 Å². The smallest absolute Gasteiger partial charge is 0.337 e. The molecule has 0 unspecified atom stereocenters. The number of ether oxygens (including phenoxy) is 1. The van der Waals surface area contributed by atoms with Crippen molar-refractivity contribution < 1.29 is 17.9 Å². The molecule has 1 aromatic heterocycles. The van der Waals surface area contributed by atoms with Gasteiger partial charge in [0.2, 0.25) is 0 Å². The van der Waals surface area contributed by atoms with E-state index < -0.39 is 16.0 Å². The molecule has 1 heterocycles. The lowest BCUT2D eigenvalue weighted by Crippen LogP contribution is -2.12. The van der Waals surface area contributed by atoms with Gasteiger partial charge in [-0.1, -0.05) is 5.92 Å². The highest BCUT2D eigenvalue weighted by atomic mass is 32.2. The van der Waals surface area contributed by atoms with Crippen LogP contribution in [-0.4, -0.2) is 56.4 Å². The Labute approximate surface area is 146 Å². The third-order valence-corrected chi connectivity index (χ3v) is 4.60. The van der Waals surface area contributed by atoms with E-state index in [-0.39, 0.29) is 17.0 Å². The third kappa shape index (κ3) is 3.64. The quantitative estimate of drug-likeness (QED) is 0.341. The highest BCUT2D eigenvalue weighted by molar-refractivity contribution is 7.90. The first-order valence-electron chi connectivity index (χ1n) is 7.20. The lowest BCUT2D eigenvalue weighted by atomic mass is 10.2. The molecule has 0 bridgehead atoms. The summed E-state index contributed by atoms with van der Waals surface area (Å²) in [5.41, 5.74) is 0.701. The first-order valence-corrected chi connectivity index (χ1v) is 8.65. The van der Waals surface area contributed by atoms with Gasteiger partial charge in [0.15, 0.2) is 0 Å². The van der Waals surface area contributed by atoms with Crippen molar-refractivity contribution in [2.45, 2.75) is 18.4 Å². The van der Waals surface area contributed by atoms with Crippen LogP contribution in [0.15, 0.2) is 21.4 Å². The van der Waals surface area contributed by atoms with Crippen LogP contribution in [0.2, 0.25) is 0 Å². The molecule has 1 aromatic carbocycles. The number of carbonyl (C=O) groups is 1. The molecule has 132 valence electrons. The van der Waals surface area contributed by atoms with Gasteiger partial charge in [-0.15, -0.1) is 10.8 Å². The van der Waals surface area contributed by atoms with E-state index in [0.717, 1.165) is 0 Å². The number of sulfonamides is 1. The first kappa shape index (κ1) is 18.5. The van der Waals surface area contributed by atoms with Crippen molar-refractivity contribution in [3.8, 4) is 12.3 Å². The van der Waals surface area contributed by atoms with Gasteiger partial charge in [-0.05, 0) is 19.1 Å². The molecule has 0 aliphatic carbocycles. The normalized spacial score (nSPS) is 11.6. The molecule has 2 aromatic rings. The predicted octanol–water partition coefficient (Wildman–Crippen LogP) is 1.04. The number of esters is 1. The summed E-state index contributed by atoms with van der Waals surface area (Å²) in [6.45, 7) is 1.84. The summed E-state index contributed by atoms with van der Waals surface area (Å²) in [4.78, 5) is 17.5. The summed E-state index contributed by atoms with van der Waals surface area (Å²) >= 11 is 0. The standard InChI is InChI=1S/C16H18N4O4S/c1-6-7-20-11(2)18-13-8-12(16(21)24-5)9-14(15(13)20)25(22,23)17-10-19(3)4/h1,8-10H,7H2,2-5H3. The van der Waals surface area contributed by atoms with Crippen LogP contribution in [-0.2, 0) is 21.3 Å². The molecule has 9 heteroatoms. The average molecular weight is 362 g/mol. The number of hydrogen-bond donors (Lipinski definition) is 0. The van der Waals surface area contributed by atoms with Crippen molar-refractivity contribution >= 4 is 33.4 Å². The van der Waals surface area contributed by atoms with E-state index in [9.17, 15) is 13.2 Å². The maximum Gasteiger partial charge on any atom is 0.337 e. The fourth-order valence-electron chi connectivity index (χ4n) is 2.28. The molecule has 0 aliphatic rings. The summed E-state index contributed by atoms with van der Waals surface area (Å²) in [5.74, 6) is 2.33. The van der Waals surface area contributed by atoms with Gasteiger partial charge in [-0.2, -0.15) is 8.42 Å². The summed E-state index contributed by atoms with van der Waals surface area (Å²) in [5, 5.41) is 0. The Hall–Kier alpha value is -2.86. The molecule has 8 nitrogen and oxygen atoms in total. The van der Waals surface area contributed by atoms with E-state index >= 15 is 0 Å². The summed E-state index contributed by atoms with van der Waals surface area (Å²) in [6.07, 6.45) is 6.55. The molecule has 0 N–H and O–H groups in total. The van der Waals surface area contributed by atoms with Crippen molar-refractivity contribution in [1.82, 2.24) is 14.5 Å². The fraction of sp³-hybridized carbons (Fsp3) is 0.312. The van der Waals surface area contributed by atoms with Gasteiger partial charge in [0, 0.05) is 14.1 Å². The monoisotopic (exact) mass is 362 g/mol. The molecule has 0 saturated heterocycles. The number of aryl methyl sites for hydroxylation is 1. The van der Waals surface area contributed by atoms with Crippen molar-refractivity contribution in [3.05, 3.63) is 23.5 Å². The van der Waals surface area contributed by atoms with Gasteiger partial charge in [0.05, 0.1) is 30.3 Å². The van der Waals surface area contributed by atoms with E-state index in [4.69, 9.17) is 6.42 Å². The van der Waals surface area contributed by atoms with Crippen LogP contribution < -0.4 is 0 Å². The number of benzene rings is 1. The second-order valence-corrected chi connectivity index (χ2v) is 7.04. The Balaban J connectivity index is 2.87. The molecule has 0 aliphatic heterocycles. The summed E-state index contributed by atoms with van der Waals surface area (Å²) in [7, 11) is 0.422. The molecule has 25 heavy (non-hydrogen) atoms. The molecule has 0 fully saturated rings. The Morgan fingerprint density at radius 3 is 2.72 bits per heavy atom. The first-order chi connectivity index (χ1) is 11.7. The number of nitrogens with zero attached hydrogens (tertiary/aromatic N) is 4. The molecule has 2 rings (SSSR count). The summed E-state index contributed by atoms with van der Waals surface area (Å²) < 4.78 is 35.3. The number of rotatable bonds is 5. The second kappa shape index (κ2) is 6.94. The van der Waals surface area contributed by atoms with Crippen molar-refractivity contribution in [1.29, 1.82) is 0 Å². The number of carbonyl (C=O) groups excluding carboxylic acids is 1. The van der Waals surface area contributed by atoms with Gasteiger partial charge >= 0.3 is 5.97 Å². The summed E-state index contributed by atoms with van der Waals surface area (Å²) in [6, 6.07) is 2.69. The van der Waals surface area contributed by atoms with Crippen LogP contribution in [0.5, 0.6) is 0 Å². The number of aromatic nitrogens is 2. The predicted molar refractivity (Wildman–Crippen MR) is 94.0 cm³/mol. The van der Waals surface area contributed by atoms with Crippen LogP contribution in [0.1, 0.15) is 16.2 Å². The highest BCUT2D eigenvalue weighted by Gasteiger charge is 2.24. The molecular weight excluding hydrogens is 344 g/mol. The van der Waals surface area contributed by atoms with Gasteiger partial charge in [-0.25, -0.2) is 9.78 Å². The van der Waals surface area contributed by atoms with E-state index in [1.165, 1.54) is 30.5 Å². The molecule has 0 spiro atoms. The number of fused-ring (bicyclic) bond motifs is 1. The van der Waals surface area contributed by atoms with Crippen molar-refractivity contribution in [2.24, 2.45) is 4.40 Å². The minimum absolute atomic E-state index is 0.0685. The zero-order chi connectivity index (χ0) is 18.8. The van der Waals surface area contributed by atoms with Gasteiger partial charge in [-0.3, -0.25) is 0 Å². The number of imidazole rings is 1. The zero-order valence-corrected chi connectivity index (χ0v) is 15.2. The lowest BCUT2D eigenvalue weighted by molar-refractivity contribution is 0.0600. The van der Waals surface area contributed by atoms with E-state index in [1.54, 1.807) is 25.6 Å². The Morgan fingerprint density at radius 1 is 1.48 bits per heavy atom. The molecular formula is C16H18N4O4S. The Morgan fingerprint density at radius 2 is 2.16 bits per heavy atom. The fourth-order valence-corrected chi connectivity index (χ4v) is 3.44. The SMILES string of the molecule is C#CCn1c(C)nc2cc(C(=O)OC)cc(S(=O)(=O)N=CN(C)C)c21. The Kier molecular flexibility index (Phi) is 5.13. The molecule has 0 saturated carbocycles. The van der Waals surface area contributed by atoms with Gasteiger partial charge < -0.3 is 14.2 Å². The third-order valence-electron chi connectivity index (χ3n) is 3.36. The number of hydrogen-bond acceptors (Lipinski definition) is 5. The zero-order valence-electron chi connectivity index (χ0n) is 14.3. The maximum atomic E-state index is 12.7. The van der Waals surface area contributed by atoms with E-state index in [0.29, 0.717) is 16.9 Å². The van der Waals surface area contributed by atoms with Crippen LogP contribution in [0, 0.1) is 19.3 Å². The highest BCUT2D eigenvalue weighted by Crippen LogP contribution is 2.28. The van der Waals surface area contributed by atoms with Gasteiger partial charge in [0.25, 0.3) is 10.0 Å². The molecule has 0 amide bonds. The largest absolute Gasteiger partial charge is 0.465 e. The lowest BCUT2D eigenvalue weighted by Gasteiger charge is -2.09. The maximum absolute atomic E-state index is 12.7. The van der Waals surface area contributed by atoms with E-state index in [1.807, 2.05) is 0 Å². The van der Waals surface area contributed by atoms with Crippen LogP contribution in [0.25, 0.3) is 11.0 Å². The molecule has 0 radical (unpaired) electrons. The minimum Gasteiger partial charge on any atom is -0.465 e. The second-order valence-electron chi connectivity index (χ2n) is 5.44. The van der Waals surface area contributed by atoms with E-state index in [2.05, 4.69) is 20.0 Å². The minimum atomic E-state index is -4.08. The topological polar surface area (TPSA) is 93.9 Å². The van der Waals surface area contributed by atoms with Crippen LogP contribution in [0.4, 0.5) is 0 Å². The van der Waals surface area contributed by atoms with Crippen LogP contribution >= 0.6 is 0 Å². The number of terminal acetylenes is 1. The molecule has 0 atom stereocenters. The Bertz CT molecular complexity index is 997. The van der Waals surface area contributed by atoms with Crippen molar-refractivity contribution in [3.63, 3.8) is 0 Å².